The number of methoxy groups -OCH3 is 1. The van der Waals surface area contributed by atoms with E-state index in [1.54, 1.807) is 0 Å². The lowest BCUT2D eigenvalue weighted by molar-refractivity contribution is 0.0600. The molecule has 2 aromatic carbocycles. The molecule has 0 saturated heterocycles. The number of ether oxygens (including phenoxy) is 1. The number of hydrogen-bond acceptors (Lipinski definition) is 4. The number of halogens is 1. The molecule has 140 valence electrons. The van der Waals surface area contributed by atoms with E-state index in [-0.39, 0.29) is 21.5 Å². The number of hydrogen-bond donors (Lipinski definition) is 1. The van der Waals surface area contributed by atoms with Gasteiger partial charge >= 0.3 is 5.97 Å². The van der Waals surface area contributed by atoms with Crippen LogP contribution in [0.15, 0.2) is 41.3 Å². The Morgan fingerprint density at radius 1 is 1.19 bits per heavy atom. The standard InChI is InChI=1S/C19H22ClNO4S/c1-5-18(15-8-6-12(2)10-13(15)3)21-26(23,24)14-7-9-17(20)16(11-14)19(22)25-4/h6-11,18,21H,5H2,1-4H3/t18-/m0/s1. The molecule has 0 unspecified atom stereocenters. The van der Waals surface area contributed by atoms with Crippen LogP contribution in [0, 0.1) is 13.8 Å². The molecule has 0 saturated carbocycles. The van der Waals surface area contributed by atoms with Gasteiger partial charge in [0, 0.05) is 6.04 Å². The highest BCUT2D eigenvalue weighted by Crippen LogP contribution is 2.26. The Morgan fingerprint density at radius 3 is 2.46 bits per heavy atom. The largest absolute Gasteiger partial charge is 0.465 e. The molecule has 0 aromatic heterocycles. The first-order valence-corrected chi connectivity index (χ1v) is 10.0. The minimum atomic E-state index is -3.84. The number of sulfonamides is 1. The molecular weight excluding hydrogens is 374 g/mol. The van der Waals surface area contributed by atoms with Gasteiger partial charge < -0.3 is 4.74 Å². The Kier molecular flexibility index (Phi) is 6.44. The molecule has 1 N–H and O–H groups in total. The van der Waals surface area contributed by atoms with Crippen molar-refractivity contribution in [3.05, 3.63) is 63.7 Å². The number of esters is 1. The van der Waals surface area contributed by atoms with Gasteiger partial charge in [-0.3, -0.25) is 0 Å². The summed E-state index contributed by atoms with van der Waals surface area (Å²) in [6.45, 7) is 5.86. The van der Waals surface area contributed by atoms with Crippen molar-refractivity contribution in [2.75, 3.05) is 7.11 Å². The number of rotatable bonds is 6. The SMILES string of the molecule is CC[C@H](NS(=O)(=O)c1ccc(Cl)c(C(=O)OC)c1)c1ccc(C)cc1C. The van der Waals surface area contributed by atoms with Gasteiger partial charge in [-0.2, -0.15) is 0 Å². The third kappa shape index (κ3) is 4.44. The van der Waals surface area contributed by atoms with Crippen LogP contribution in [0.3, 0.4) is 0 Å². The molecular formula is C19H22ClNO4S. The van der Waals surface area contributed by atoms with E-state index in [2.05, 4.69) is 9.46 Å². The molecule has 0 aliphatic rings. The maximum atomic E-state index is 12.8. The zero-order valence-corrected chi connectivity index (χ0v) is 16.7. The Hall–Kier alpha value is -1.89. The van der Waals surface area contributed by atoms with Crippen LogP contribution in [0.25, 0.3) is 0 Å². The van der Waals surface area contributed by atoms with E-state index in [4.69, 9.17) is 11.6 Å². The van der Waals surface area contributed by atoms with E-state index in [1.807, 2.05) is 39.0 Å². The summed E-state index contributed by atoms with van der Waals surface area (Å²) in [4.78, 5) is 11.7. The van der Waals surface area contributed by atoms with Gasteiger partial charge in [-0.25, -0.2) is 17.9 Å². The van der Waals surface area contributed by atoms with Crippen molar-refractivity contribution in [1.29, 1.82) is 0 Å². The van der Waals surface area contributed by atoms with E-state index < -0.39 is 16.0 Å². The topological polar surface area (TPSA) is 72.5 Å². The summed E-state index contributed by atoms with van der Waals surface area (Å²) >= 11 is 5.97. The van der Waals surface area contributed by atoms with E-state index in [9.17, 15) is 13.2 Å². The molecule has 0 aliphatic heterocycles. The molecule has 0 bridgehead atoms. The fourth-order valence-electron chi connectivity index (χ4n) is 2.78. The highest BCUT2D eigenvalue weighted by atomic mass is 35.5. The third-order valence-corrected chi connectivity index (χ3v) is 5.96. The molecule has 2 aromatic rings. The Labute approximate surface area is 159 Å². The van der Waals surface area contributed by atoms with Gasteiger partial charge in [0.15, 0.2) is 0 Å². The highest BCUT2D eigenvalue weighted by molar-refractivity contribution is 7.89. The van der Waals surface area contributed by atoms with Crippen LogP contribution in [-0.2, 0) is 14.8 Å². The molecule has 2 rings (SSSR count). The van der Waals surface area contributed by atoms with Gasteiger partial charge in [0.25, 0.3) is 0 Å². The fourth-order valence-corrected chi connectivity index (χ4v) is 4.30. The molecule has 0 radical (unpaired) electrons. The third-order valence-electron chi connectivity index (χ3n) is 4.16. The molecule has 0 amide bonds. The van der Waals surface area contributed by atoms with Crippen molar-refractivity contribution < 1.29 is 17.9 Å². The van der Waals surface area contributed by atoms with Crippen molar-refractivity contribution in [2.24, 2.45) is 0 Å². The van der Waals surface area contributed by atoms with Crippen molar-refractivity contribution in [2.45, 2.75) is 38.1 Å². The lowest BCUT2D eigenvalue weighted by Gasteiger charge is -2.20. The normalized spacial score (nSPS) is 12.7. The first-order valence-electron chi connectivity index (χ1n) is 8.17. The van der Waals surface area contributed by atoms with Gasteiger partial charge in [0.05, 0.1) is 22.6 Å². The molecule has 26 heavy (non-hydrogen) atoms. The van der Waals surface area contributed by atoms with Gasteiger partial charge in [0.1, 0.15) is 0 Å². The van der Waals surface area contributed by atoms with Crippen LogP contribution in [0.1, 0.15) is 46.4 Å². The summed E-state index contributed by atoms with van der Waals surface area (Å²) in [5.41, 5.74) is 3.07. The average molecular weight is 396 g/mol. The van der Waals surface area contributed by atoms with Crippen LogP contribution < -0.4 is 4.72 Å². The summed E-state index contributed by atoms with van der Waals surface area (Å²) in [6, 6.07) is 9.50. The Bertz CT molecular complexity index is 925. The Morgan fingerprint density at radius 2 is 1.88 bits per heavy atom. The second kappa shape index (κ2) is 8.20. The van der Waals surface area contributed by atoms with E-state index >= 15 is 0 Å². The monoisotopic (exact) mass is 395 g/mol. The minimum Gasteiger partial charge on any atom is -0.465 e. The van der Waals surface area contributed by atoms with E-state index in [0.717, 1.165) is 16.7 Å². The summed E-state index contributed by atoms with van der Waals surface area (Å²) < 4.78 is 33.0. The smallest absolute Gasteiger partial charge is 0.339 e. The number of nitrogens with one attached hydrogen (secondary N) is 1. The summed E-state index contributed by atoms with van der Waals surface area (Å²) in [5, 5.41) is 0.136. The van der Waals surface area contributed by atoms with Gasteiger partial charge in [0.2, 0.25) is 10.0 Å². The molecule has 0 aliphatic carbocycles. The second-order valence-electron chi connectivity index (χ2n) is 6.08. The average Bonchev–Trinajstić information content (AvgIpc) is 2.59. The first-order chi connectivity index (χ1) is 12.2. The van der Waals surface area contributed by atoms with E-state index in [0.29, 0.717) is 6.42 Å². The minimum absolute atomic E-state index is 0.0107. The summed E-state index contributed by atoms with van der Waals surface area (Å²) in [6.07, 6.45) is 0.584. The van der Waals surface area contributed by atoms with Gasteiger partial charge in [-0.15, -0.1) is 0 Å². The van der Waals surface area contributed by atoms with Crippen LogP contribution in [-0.4, -0.2) is 21.5 Å². The lowest BCUT2D eigenvalue weighted by atomic mass is 9.98. The highest BCUT2D eigenvalue weighted by Gasteiger charge is 2.23. The molecule has 0 heterocycles. The van der Waals surface area contributed by atoms with Crippen molar-refractivity contribution in [3.8, 4) is 0 Å². The maximum Gasteiger partial charge on any atom is 0.339 e. The molecule has 0 fully saturated rings. The van der Waals surface area contributed by atoms with Crippen molar-refractivity contribution in [3.63, 3.8) is 0 Å². The Balaban J connectivity index is 2.39. The molecule has 0 spiro atoms. The molecule has 1 atom stereocenters. The molecule has 7 heteroatoms. The van der Waals surface area contributed by atoms with Crippen LogP contribution in [0.4, 0.5) is 0 Å². The lowest BCUT2D eigenvalue weighted by Crippen LogP contribution is -2.29. The van der Waals surface area contributed by atoms with Crippen molar-refractivity contribution in [1.82, 2.24) is 4.72 Å². The number of carbonyl (C=O) groups is 1. The first kappa shape index (κ1) is 20.4. The van der Waals surface area contributed by atoms with E-state index in [1.165, 1.54) is 25.3 Å². The molecule has 5 nitrogen and oxygen atoms in total. The predicted molar refractivity (Wildman–Crippen MR) is 102 cm³/mol. The zero-order valence-electron chi connectivity index (χ0n) is 15.2. The van der Waals surface area contributed by atoms with Crippen LogP contribution in [0.2, 0.25) is 5.02 Å². The summed E-state index contributed by atoms with van der Waals surface area (Å²) in [7, 11) is -2.63. The predicted octanol–water partition coefficient (Wildman–Crippen LogP) is 4.17. The van der Waals surface area contributed by atoms with Gasteiger partial charge in [-0.1, -0.05) is 42.3 Å². The van der Waals surface area contributed by atoms with Crippen LogP contribution >= 0.6 is 11.6 Å². The number of carbonyl (C=O) groups excluding carboxylic acids is 1. The van der Waals surface area contributed by atoms with Crippen molar-refractivity contribution >= 4 is 27.6 Å². The number of aryl methyl sites for hydroxylation is 2. The van der Waals surface area contributed by atoms with Gasteiger partial charge in [-0.05, 0) is 49.6 Å². The fraction of sp³-hybridized carbons (Fsp3) is 0.316. The zero-order chi connectivity index (χ0) is 19.5. The second-order valence-corrected chi connectivity index (χ2v) is 8.20. The summed E-state index contributed by atoms with van der Waals surface area (Å²) in [5.74, 6) is -0.687. The van der Waals surface area contributed by atoms with Crippen LogP contribution in [0.5, 0.6) is 0 Å². The quantitative estimate of drug-likeness (QED) is 0.745. The number of benzene rings is 2. The maximum absolute atomic E-state index is 12.8.